The first-order valence-corrected chi connectivity index (χ1v) is 5.49. The molecule has 1 aliphatic carbocycles. The lowest BCUT2D eigenvalue weighted by molar-refractivity contribution is 0.0444. The van der Waals surface area contributed by atoms with E-state index in [9.17, 15) is 4.39 Å². The summed E-state index contributed by atoms with van der Waals surface area (Å²) < 4.78 is 14.0. The molecule has 2 heteroatoms. The largest absolute Gasteiger partial charge is 0.327 e. The van der Waals surface area contributed by atoms with Crippen LogP contribution in [0.1, 0.15) is 29.5 Å². The van der Waals surface area contributed by atoms with Gasteiger partial charge < -0.3 is 5.73 Å². The van der Waals surface area contributed by atoms with E-state index in [1.54, 1.807) is 0 Å². The van der Waals surface area contributed by atoms with Gasteiger partial charge in [0.1, 0.15) is 5.67 Å². The predicted octanol–water partition coefficient (Wildman–Crippen LogP) is 2.68. The number of hydrogen-bond acceptors (Lipinski definition) is 1. The highest BCUT2D eigenvalue weighted by Gasteiger charge is 2.42. The van der Waals surface area contributed by atoms with Crippen molar-refractivity contribution in [2.75, 3.05) is 0 Å². The molecule has 0 spiro atoms. The maximum Gasteiger partial charge on any atom is 0.118 e. The first-order chi connectivity index (χ1) is 6.97. The Balaban J connectivity index is 2.11. The second kappa shape index (κ2) is 3.60. The minimum atomic E-state index is -1.04. The molecule has 0 atom stereocenters. The van der Waals surface area contributed by atoms with Gasteiger partial charge in [0.25, 0.3) is 0 Å². The fraction of sp³-hybridized carbons (Fsp3) is 0.538. The van der Waals surface area contributed by atoms with E-state index >= 15 is 0 Å². The fourth-order valence-corrected chi connectivity index (χ4v) is 2.56. The van der Waals surface area contributed by atoms with E-state index in [4.69, 9.17) is 5.73 Å². The summed E-state index contributed by atoms with van der Waals surface area (Å²) in [4.78, 5) is 0. The monoisotopic (exact) mass is 207 g/mol. The van der Waals surface area contributed by atoms with Crippen molar-refractivity contribution in [2.24, 2.45) is 5.73 Å². The van der Waals surface area contributed by atoms with Gasteiger partial charge in [0, 0.05) is 12.5 Å². The summed E-state index contributed by atoms with van der Waals surface area (Å²) in [6, 6.07) is 6.32. The lowest BCUT2D eigenvalue weighted by Crippen LogP contribution is -2.49. The molecule has 1 aliphatic rings. The van der Waals surface area contributed by atoms with Gasteiger partial charge in [0.05, 0.1) is 0 Å². The van der Waals surface area contributed by atoms with Gasteiger partial charge in [-0.15, -0.1) is 0 Å². The van der Waals surface area contributed by atoms with E-state index in [2.05, 4.69) is 18.2 Å². The molecule has 1 fully saturated rings. The average Bonchev–Trinajstić information content (AvgIpc) is 1.97. The Hall–Kier alpha value is -0.890. The van der Waals surface area contributed by atoms with Crippen LogP contribution < -0.4 is 5.73 Å². The number of aryl methyl sites for hydroxylation is 2. The highest BCUT2D eigenvalue weighted by Crippen LogP contribution is 2.38. The molecule has 1 aromatic rings. The van der Waals surface area contributed by atoms with Crippen molar-refractivity contribution < 1.29 is 4.39 Å². The summed E-state index contributed by atoms with van der Waals surface area (Å²) in [6.07, 6.45) is 1.54. The summed E-state index contributed by atoms with van der Waals surface area (Å²) in [5.41, 5.74) is 8.10. The molecular weight excluding hydrogens is 189 g/mol. The lowest BCUT2D eigenvalue weighted by Gasteiger charge is -2.39. The average molecular weight is 207 g/mol. The zero-order valence-electron chi connectivity index (χ0n) is 9.39. The highest BCUT2D eigenvalue weighted by molar-refractivity contribution is 5.30. The fourth-order valence-electron chi connectivity index (χ4n) is 2.56. The SMILES string of the molecule is Cc1cc(C)cc(CC2(F)CC(N)C2)c1. The molecule has 15 heavy (non-hydrogen) atoms. The van der Waals surface area contributed by atoms with Crippen molar-refractivity contribution in [3.05, 3.63) is 34.9 Å². The summed E-state index contributed by atoms with van der Waals surface area (Å²) in [7, 11) is 0. The van der Waals surface area contributed by atoms with E-state index in [-0.39, 0.29) is 6.04 Å². The van der Waals surface area contributed by atoms with Gasteiger partial charge in [-0.2, -0.15) is 0 Å². The van der Waals surface area contributed by atoms with Crippen LogP contribution in [0.25, 0.3) is 0 Å². The Bertz CT molecular complexity index is 347. The van der Waals surface area contributed by atoms with Gasteiger partial charge in [-0.05, 0) is 32.3 Å². The topological polar surface area (TPSA) is 26.0 Å². The smallest absolute Gasteiger partial charge is 0.118 e. The molecule has 1 saturated carbocycles. The second-order valence-electron chi connectivity index (χ2n) is 4.99. The van der Waals surface area contributed by atoms with Gasteiger partial charge in [0.2, 0.25) is 0 Å². The van der Waals surface area contributed by atoms with Crippen molar-refractivity contribution >= 4 is 0 Å². The quantitative estimate of drug-likeness (QED) is 0.792. The second-order valence-corrected chi connectivity index (χ2v) is 4.99. The Morgan fingerprint density at radius 3 is 2.27 bits per heavy atom. The van der Waals surface area contributed by atoms with Crippen molar-refractivity contribution in [3.8, 4) is 0 Å². The Labute approximate surface area is 90.5 Å². The standard InChI is InChI=1S/C13H18FN/c1-9-3-10(2)5-11(4-9)6-13(14)7-12(15)8-13/h3-5,12H,6-8,15H2,1-2H3. The molecule has 2 rings (SSSR count). The van der Waals surface area contributed by atoms with Crippen LogP contribution >= 0.6 is 0 Å². The zero-order chi connectivity index (χ0) is 11.1. The highest BCUT2D eigenvalue weighted by atomic mass is 19.1. The van der Waals surface area contributed by atoms with Crippen LogP contribution in [0.5, 0.6) is 0 Å². The van der Waals surface area contributed by atoms with E-state index in [1.807, 2.05) is 13.8 Å². The minimum absolute atomic E-state index is 0.0703. The molecule has 0 heterocycles. The summed E-state index contributed by atoms with van der Waals surface area (Å²) in [5.74, 6) is 0. The van der Waals surface area contributed by atoms with Crippen LogP contribution in [0.4, 0.5) is 4.39 Å². The van der Waals surface area contributed by atoms with Gasteiger partial charge >= 0.3 is 0 Å². The molecule has 2 N–H and O–H groups in total. The first-order valence-electron chi connectivity index (χ1n) is 5.49. The third-order valence-corrected chi connectivity index (χ3v) is 3.06. The predicted molar refractivity (Wildman–Crippen MR) is 60.7 cm³/mol. The van der Waals surface area contributed by atoms with Crippen LogP contribution in [0.15, 0.2) is 18.2 Å². The van der Waals surface area contributed by atoms with Crippen LogP contribution in [-0.4, -0.2) is 11.7 Å². The minimum Gasteiger partial charge on any atom is -0.327 e. The van der Waals surface area contributed by atoms with Gasteiger partial charge in [-0.1, -0.05) is 29.3 Å². The maximum atomic E-state index is 14.0. The van der Waals surface area contributed by atoms with Crippen molar-refractivity contribution in [1.82, 2.24) is 0 Å². The van der Waals surface area contributed by atoms with Crippen LogP contribution in [0, 0.1) is 13.8 Å². The molecule has 1 aromatic carbocycles. The molecule has 0 aliphatic heterocycles. The molecule has 0 amide bonds. The first kappa shape index (κ1) is 10.6. The zero-order valence-corrected chi connectivity index (χ0v) is 9.39. The summed E-state index contributed by atoms with van der Waals surface area (Å²) in [6.45, 7) is 4.10. The van der Waals surface area contributed by atoms with E-state index in [0.29, 0.717) is 19.3 Å². The van der Waals surface area contributed by atoms with Crippen molar-refractivity contribution in [1.29, 1.82) is 0 Å². The molecule has 82 valence electrons. The van der Waals surface area contributed by atoms with E-state index in [1.165, 1.54) is 11.1 Å². The third kappa shape index (κ3) is 2.37. The lowest BCUT2D eigenvalue weighted by atomic mass is 9.74. The Morgan fingerprint density at radius 2 is 1.80 bits per heavy atom. The number of rotatable bonds is 2. The summed E-state index contributed by atoms with van der Waals surface area (Å²) in [5, 5.41) is 0. The van der Waals surface area contributed by atoms with Gasteiger partial charge in [-0.3, -0.25) is 0 Å². The molecule has 0 saturated heterocycles. The van der Waals surface area contributed by atoms with Crippen LogP contribution in [0.3, 0.4) is 0 Å². The van der Waals surface area contributed by atoms with Gasteiger partial charge in [0.15, 0.2) is 0 Å². The van der Waals surface area contributed by atoms with Crippen LogP contribution in [-0.2, 0) is 6.42 Å². The van der Waals surface area contributed by atoms with Crippen molar-refractivity contribution in [3.63, 3.8) is 0 Å². The maximum absolute atomic E-state index is 14.0. The molecule has 0 aromatic heterocycles. The number of hydrogen-bond donors (Lipinski definition) is 1. The Kier molecular flexibility index (Phi) is 2.55. The molecular formula is C13H18FN. The van der Waals surface area contributed by atoms with E-state index in [0.717, 1.165) is 5.56 Å². The van der Waals surface area contributed by atoms with Gasteiger partial charge in [-0.25, -0.2) is 4.39 Å². The third-order valence-electron chi connectivity index (χ3n) is 3.06. The van der Waals surface area contributed by atoms with Crippen LogP contribution in [0.2, 0.25) is 0 Å². The van der Waals surface area contributed by atoms with E-state index < -0.39 is 5.67 Å². The molecule has 0 bridgehead atoms. The molecule has 0 unspecified atom stereocenters. The normalized spacial score (nSPS) is 30.0. The number of halogens is 1. The number of nitrogens with two attached hydrogens (primary N) is 1. The molecule has 1 nitrogen and oxygen atoms in total. The number of benzene rings is 1. The number of alkyl halides is 1. The molecule has 0 radical (unpaired) electrons. The van der Waals surface area contributed by atoms with Crippen molar-refractivity contribution in [2.45, 2.75) is 44.8 Å². The summed E-state index contributed by atoms with van der Waals surface area (Å²) >= 11 is 0. The Morgan fingerprint density at radius 1 is 1.27 bits per heavy atom.